The maximum Gasteiger partial charge on any atom is 0.274 e. The highest BCUT2D eigenvalue weighted by molar-refractivity contribution is 6.06. The van der Waals surface area contributed by atoms with Gasteiger partial charge in [0.25, 0.3) is 5.91 Å². The molecule has 182 valence electrons. The summed E-state index contributed by atoms with van der Waals surface area (Å²) >= 11 is 0. The van der Waals surface area contributed by atoms with E-state index in [0.29, 0.717) is 30.0 Å². The molecule has 9 nitrogen and oxygen atoms in total. The summed E-state index contributed by atoms with van der Waals surface area (Å²) in [6.07, 6.45) is 0.842. The maximum absolute atomic E-state index is 13.0. The van der Waals surface area contributed by atoms with Gasteiger partial charge in [0.15, 0.2) is 0 Å². The van der Waals surface area contributed by atoms with Gasteiger partial charge >= 0.3 is 0 Å². The summed E-state index contributed by atoms with van der Waals surface area (Å²) in [5, 5.41) is 35.5. The van der Waals surface area contributed by atoms with Crippen LogP contribution in [0, 0.1) is 0 Å². The predicted molar refractivity (Wildman–Crippen MR) is 140 cm³/mol. The summed E-state index contributed by atoms with van der Waals surface area (Å²) in [6, 6.07) is 24.4. The van der Waals surface area contributed by atoms with Crippen molar-refractivity contribution in [3.63, 3.8) is 0 Å². The largest absolute Gasteiger partial charge is 0.384 e. The van der Waals surface area contributed by atoms with Gasteiger partial charge in [0.1, 0.15) is 18.3 Å². The topological polar surface area (TPSA) is 127 Å². The van der Waals surface area contributed by atoms with Crippen LogP contribution in [-0.4, -0.2) is 33.5 Å². The number of H-pyrrole nitrogens is 1. The normalized spacial score (nSPS) is 13.0. The summed E-state index contributed by atoms with van der Waals surface area (Å²) in [5.41, 5.74) is 5.62. The number of aromatic amines is 1. The predicted octanol–water partition coefficient (Wildman–Crippen LogP) is 5.16. The van der Waals surface area contributed by atoms with Crippen molar-refractivity contribution in [1.29, 1.82) is 0 Å². The molecule has 1 aromatic heterocycles. The van der Waals surface area contributed by atoms with Gasteiger partial charge in [-0.15, -0.1) is 5.10 Å². The number of para-hydroxylation sites is 1. The molecule has 3 aromatic carbocycles. The second kappa shape index (κ2) is 11.2. The van der Waals surface area contributed by atoms with Crippen LogP contribution in [0.4, 0.5) is 11.4 Å². The minimum atomic E-state index is -0.774. The van der Waals surface area contributed by atoms with E-state index in [4.69, 9.17) is 0 Å². The summed E-state index contributed by atoms with van der Waals surface area (Å²) < 4.78 is 0. The molecule has 9 heteroatoms. The lowest BCUT2D eigenvalue weighted by atomic mass is 10.00. The molecule has 0 bridgehead atoms. The Hall–Kier alpha value is -4.63. The van der Waals surface area contributed by atoms with Gasteiger partial charge in [0.05, 0.1) is 11.9 Å². The van der Waals surface area contributed by atoms with Crippen molar-refractivity contribution in [2.24, 2.45) is 15.4 Å². The second-order valence-electron chi connectivity index (χ2n) is 7.99. The number of carbonyl (C=O) groups is 1. The fraction of sp³-hybridized carbons (Fsp3) is 0.148. The van der Waals surface area contributed by atoms with Crippen molar-refractivity contribution in [3.8, 4) is 0 Å². The zero-order valence-electron chi connectivity index (χ0n) is 18.7. The highest BCUT2D eigenvalue weighted by Crippen LogP contribution is 2.28. The molecule has 1 aliphatic heterocycles. The molecule has 36 heavy (non-hydrogen) atoms. The van der Waals surface area contributed by atoms with Crippen LogP contribution >= 0.6 is 0 Å². The Morgan fingerprint density at radius 2 is 1.83 bits per heavy atom. The molecule has 1 amide bonds. The van der Waals surface area contributed by atoms with Gasteiger partial charge in [0, 0.05) is 34.6 Å². The standard InChI is InChI=1S/C26H23N7O2.CH4/c34-25(17-7-2-1-3-8-17)21-11-4-5-12-22(21)27-14-19-15-28-32-24(19)26(35)30-20-10-6-9-18(13-20)23-16-29-33-31-23;/h1-13,15,25,27,34H,14,16H2,(H,28,32)(H,30,35);1H4. The molecule has 1 unspecified atom stereocenters. The fourth-order valence-corrected chi connectivity index (χ4v) is 3.88. The number of aliphatic hydroxyl groups is 1. The zero-order valence-corrected chi connectivity index (χ0v) is 18.7. The molecule has 4 aromatic rings. The molecule has 0 saturated carbocycles. The molecule has 4 N–H and O–H groups in total. The molecule has 1 aliphatic rings. The number of hydrogen-bond acceptors (Lipinski definition) is 7. The number of benzene rings is 3. The van der Waals surface area contributed by atoms with Crippen LogP contribution in [0.25, 0.3) is 0 Å². The highest BCUT2D eigenvalue weighted by atomic mass is 16.3. The molecule has 5 rings (SSSR count). The van der Waals surface area contributed by atoms with Crippen LogP contribution in [-0.2, 0) is 6.54 Å². The van der Waals surface area contributed by atoms with E-state index in [1.165, 1.54) is 0 Å². The number of nitrogens with one attached hydrogen (secondary N) is 3. The molecule has 0 aliphatic carbocycles. The molecule has 0 saturated heterocycles. The first-order chi connectivity index (χ1) is 17.2. The number of carbonyl (C=O) groups excluding carboxylic acids is 1. The third-order valence-electron chi connectivity index (χ3n) is 5.69. The van der Waals surface area contributed by atoms with Crippen LogP contribution in [0.5, 0.6) is 0 Å². The van der Waals surface area contributed by atoms with E-state index in [0.717, 1.165) is 28.1 Å². The average molecular weight is 482 g/mol. The summed E-state index contributed by atoms with van der Waals surface area (Å²) in [4.78, 5) is 13.0. The van der Waals surface area contributed by atoms with E-state index in [1.54, 1.807) is 12.3 Å². The lowest BCUT2D eigenvalue weighted by Gasteiger charge is -2.17. The van der Waals surface area contributed by atoms with Crippen LogP contribution < -0.4 is 10.6 Å². The van der Waals surface area contributed by atoms with Crippen molar-refractivity contribution in [1.82, 2.24) is 10.2 Å². The van der Waals surface area contributed by atoms with Crippen molar-refractivity contribution >= 4 is 23.0 Å². The van der Waals surface area contributed by atoms with Gasteiger partial charge in [-0.25, -0.2) is 0 Å². The molecule has 2 heterocycles. The molecular weight excluding hydrogens is 454 g/mol. The highest BCUT2D eigenvalue weighted by Gasteiger charge is 2.17. The lowest BCUT2D eigenvalue weighted by molar-refractivity contribution is 0.102. The zero-order chi connectivity index (χ0) is 24.0. The van der Waals surface area contributed by atoms with E-state index >= 15 is 0 Å². The monoisotopic (exact) mass is 481 g/mol. The quantitative estimate of drug-likeness (QED) is 0.277. The first-order valence-corrected chi connectivity index (χ1v) is 11.1. The van der Waals surface area contributed by atoms with Gasteiger partial charge in [-0.2, -0.15) is 10.2 Å². The van der Waals surface area contributed by atoms with Gasteiger partial charge < -0.3 is 15.7 Å². The second-order valence-corrected chi connectivity index (χ2v) is 7.99. The van der Waals surface area contributed by atoms with Gasteiger partial charge in [-0.1, -0.05) is 68.1 Å². The Balaban J connectivity index is 0.00000304. The Morgan fingerprint density at radius 1 is 1.03 bits per heavy atom. The number of nitrogens with zero attached hydrogens (tertiary/aromatic N) is 4. The van der Waals surface area contributed by atoms with Crippen molar-refractivity contribution in [3.05, 3.63) is 113 Å². The SMILES string of the molecule is C.O=C(Nc1cccc(C2=NN=NC2)c1)c1[nH]ncc1CNc1ccccc1C(O)c1ccccc1. The molecule has 0 fully saturated rings. The number of anilines is 2. The summed E-state index contributed by atoms with van der Waals surface area (Å²) in [6.45, 7) is 0.770. The smallest absolute Gasteiger partial charge is 0.274 e. The van der Waals surface area contributed by atoms with Gasteiger partial charge in [-0.3, -0.25) is 9.89 Å². The number of aliphatic hydroxyl groups excluding tert-OH is 1. The van der Waals surface area contributed by atoms with Crippen LogP contribution in [0.1, 0.15) is 46.3 Å². The Labute approximate surface area is 209 Å². The molecule has 0 spiro atoms. The molecular formula is C27H27N7O2. The number of rotatable bonds is 8. The van der Waals surface area contributed by atoms with Crippen molar-refractivity contribution in [2.45, 2.75) is 20.1 Å². The van der Waals surface area contributed by atoms with Crippen molar-refractivity contribution in [2.75, 3.05) is 17.2 Å². The van der Waals surface area contributed by atoms with E-state index < -0.39 is 6.10 Å². The minimum Gasteiger partial charge on any atom is -0.384 e. The Morgan fingerprint density at radius 3 is 2.64 bits per heavy atom. The minimum absolute atomic E-state index is 0. The number of amides is 1. The Kier molecular flexibility index (Phi) is 7.62. The van der Waals surface area contributed by atoms with Crippen LogP contribution in [0.2, 0.25) is 0 Å². The van der Waals surface area contributed by atoms with Crippen LogP contribution in [0.15, 0.2) is 100 Å². The number of hydrogen-bond donors (Lipinski definition) is 4. The third-order valence-corrected chi connectivity index (χ3v) is 5.69. The lowest BCUT2D eigenvalue weighted by Crippen LogP contribution is -2.16. The van der Waals surface area contributed by atoms with E-state index in [-0.39, 0.29) is 13.3 Å². The van der Waals surface area contributed by atoms with E-state index in [2.05, 4.69) is 36.3 Å². The van der Waals surface area contributed by atoms with Crippen molar-refractivity contribution < 1.29 is 9.90 Å². The molecule has 0 radical (unpaired) electrons. The third kappa shape index (κ3) is 5.37. The first-order valence-electron chi connectivity index (χ1n) is 11.1. The molecule has 1 atom stereocenters. The summed E-state index contributed by atoms with van der Waals surface area (Å²) in [5.74, 6) is -0.309. The maximum atomic E-state index is 13.0. The fourth-order valence-electron chi connectivity index (χ4n) is 3.88. The average Bonchev–Trinajstić information content (AvgIpc) is 3.61. The number of aromatic nitrogens is 2. The van der Waals surface area contributed by atoms with Gasteiger partial charge in [-0.05, 0) is 29.0 Å². The van der Waals surface area contributed by atoms with Gasteiger partial charge in [0.2, 0.25) is 0 Å². The first kappa shape index (κ1) is 24.5. The van der Waals surface area contributed by atoms with E-state index in [1.807, 2.05) is 72.8 Å². The van der Waals surface area contributed by atoms with E-state index in [9.17, 15) is 9.90 Å². The summed E-state index contributed by atoms with van der Waals surface area (Å²) in [7, 11) is 0. The Bertz CT molecular complexity index is 1400. The van der Waals surface area contributed by atoms with Crippen LogP contribution in [0.3, 0.4) is 0 Å².